The van der Waals surface area contributed by atoms with Crippen LogP contribution in [0.3, 0.4) is 0 Å². The van der Waals surface area contributed by atoms with Crippen LogP contribution in [0.2, 0.25) is 0 Å². The minimum atomic E-state index is -4.85. The van der Waals surface area contributed by atoms with Crippen LogP contribution in [0.1, 0.15) is 5.56 Å². The summed E-state index contributed by atoms with van der Waals surface area (Å²) in [5.41, 5.74) is -1.44. The van der Waals surface area contributed by atoms with Crippen LogP contribution in [-0.2, 0) is 15.7 Å². The molecule has 0 radical (unpaired) electrons. The van der Waals surface area contributed by atoms with Crippen LogP contribution < -0.4 is 14.8 Å². The monoisotopic (exact) mass is 483 g/mol. The Morgan fingerprint density at radius 1 is 1.06 bits per heavy atom. The molecule has 0 saturated carbocycles. The summed E-state index contributed by atoms with van der Waals surface area (Å²) in [6.45, 7) is 0.0563. The summed E-state index contributed by atoms with van der Waals surface area (Å²) in [6, 6.07) is 5.97. The van der Waals surface area contributed by atoms with E-state index in [1.165, 1.54) is 25.6 Å². The highest BCUT2D eigenvalue weighted by molar-refractivity contribution is 5.93. The number of halogens is 5. The number of hydrogen-bond donors (Lipinski definition) is 1. The summed E-state index contributed by atoms with van der Waals surface area (Å²) < 4.78 is 89.9. The largest absolute Gasteiger partial charge is 0.493 e. The first-order valence-corrected chi connectivity index (χ1v) is 10.3. The normalized spacial score (nSPS) is 24.3. The highest BCUT2D eigenvalue weighted by atomic mass is 19.4. The molecule has 3 aromatic rings. The smallest absolute Gasteiger partial charge is 0.419 e. The van der Waals surface area contributed by atoms with E-state index in [2.05, 4.69) is 15.3 Å². The predicted molar refractivity (Wildman–Crippen MR) is 110 cm³/mol. The van der Waals surface area contributed by atoms with Crippen molar-refractivity contribution in [3.8, 4) is 11.5 Å². The maximum Gasteiger partial charge on any atom is 0.419 e. The molecule has 2 aliphatic heterocycles. The first-order valence-electron chi connectivity index (χ1n) is 10.3. The van der Waals surface area contributed by atoms with Gasteiger partial charge in [-0.25, -0.2) is 18.7 Å². The van der Waals surface area contributed by atoms with E-state index in [1.807, 2.05) is 0 Å². The van der Waals surface area contributed by atoms with E-state index in [1.54, 1.807) is 6.07 Å². The number of fused-ring (bicyclic) bond motifs is 2. The molecule has 4 atom stereocenters. The summed E-state index contributed by atoms with van der Waals surface area (Å²) in [7, 11) is 1.40. The summed E-state index contributed by atoms with van der Waals surface area (Å²) in [5, 5.41) is 2.95. The molecular weight excluding hydrogens is 465 g/mol. The molecule has 2 saturated heterocycles. The maximum absolute atomic E-state index is 14.5. The fourth-order valence-electron chi connectivity index (χ4n) is 4.07. The molecule has 2 fully saturated rings. The van der Waals surface area contributed by atoms with E-state index in [-0.39, 0.29) is 30.5 Å². The van der Waals surface area contributed by atoms with Gasteiger partial charge in [-0.05, 0) is 18.2 Å². The Hall–Kier alpha value is -3.25. The van der Waals surface area contributed by atoms with Gasteiger partial charge in [0, 0.05) is 11.5 Å². The van der Waals surface area contributed by atoms with Gasteiger partial charge in [0.15, 0.2) is 29.6 Å². The Morgan fingerprint density at radius 3 is 2.62 bits per heavy atom. The van der Waals surface area contributed by atoms with E-state index in [0.29, 0.717) is 17.0 Å². The van der Waals surface area contributed by atoms with Crippen molar-refractivity contribution >= 4 is 22.4 Å². The second kappa shape index (κ2) is 8.51. The topological polar surface area (TPSA) is 74.7 Å². The van der Waals surface area contributed by atoms with E-state index in [0.717, 1.165) is 6.07 Å². The van der Waals surface area contributed by atoms with E-state index < -0.39 is 47.7 Å². The molecule has 2 aliphatic rings. The Kier molecular flexibility index (Phi) is 5.64. The molecule has 1 unspecified atom stereocenters. The van der Waals surface area contributed by atoms with Crippen LogP contribution in [0.5, 0.6) is 11.5 Å². The number of hydrogen-bond acceptors (Lipinski definition) is 7. The van der Waals surface area contributed by atoms with Crippen LogP contribution in [-0.4, -0.2) is 54.8 Å². The van der Waals surface area contributed by atoms with Crippen LogP contribution in [0.4, 0.5) is 33.5 Å². The van der Waals surface area contributed by atoms with Crippen molar-refractivity contribution < 1.29 is 40.9 Å². The third-order valence-corrected chi connectivity index (χ3v) is 5.70. The van der Waals surface area contributed by atoms with Crippen molar-refractivity contribution in [1.29, 1.82) is 0 Å². The molecule has 0 aliphatic carbocycles. The van der Waals surface area contributed by atoms with Crippen LogP contribution >= 0.6 is 0 Å². The molecule has 3 heterocycles. The van der Waals surface area contributed by atoms with Crippen molar-refractivity contribution in [2.75, 3.05) is 25.6 Å². The van der Waals surface area contributed by atoms with Gasteiger partial charge >= 0.3 is 6.18 Å². The standard InChI is InChI=1S/C22H18F5N3O4/c1-31-15-5-10-14(6-16(15)34-17-8-33-19-12(23)7-32-20(17)19)28-9-29-21(10)30-13-4-2-3-11(18(13)24)22(25,26)27/h2-6,9,12,17,19-20H,7-8H2,1H3,(H,28,29,30)/t12-,17-,19+,20?/m1/s1. The summed E-state index contributed by atoms with van der Waals surface area (Å²) in [4.78, 5) is 8.22. The minimum Gasteiger partial charge on any atom is -0.493 e. The predicted octanol–water partition coefficient (Wildman–Crippen LogP) is 4.42. The second-order valence-corrected chi connectivity index (χ2v) is 7.80. The highest BCUT2D eigenvalue weighted by Crippen LogP contribution is 2.39. The first kappa shape index (κ1) is 22.5. The molecule has 1 N–H and O–H groups in total. The number of nitrogens with zero attached hydrogens (tertiary/aromatic N) is 2. The Bertz CT molecular complexity index is 1230. The van der Waals surface area contributed by atoms with E-state index >= 15 is 0 Å². The maximum atomic E-state index is 14.5. The van der Waals surface area contributed by atoms with Gasteiger partial charge < -0.3 is 24.3 Å². The van der Waals surface area contributed by atoms with Gasteiger partial charge in [-0.2, -0.15) is 13.2 Å². The fraction of sp³-hybridized carbons (Fsp3) is 0.364. The molecular formula is C22H18F5N3O4. The Labute approximate surface area is 189 Å². The number of nitrogens with one attached hydrogen (secondary N) is 1. The lowest BCUT2D eigenvalue weighted by Crippen LogP contribution is -2.33. The molecule has 0 bridgehead atoms. The van der Waals surface area contributed by atoms with Crippen molar-refractivity contribution in [2.45, 2.75) is 30.7 Å². The quantitative estimate of drug-likeness (QED) is 0.539. The van der Waals surface area contributed by atoms with Gasteiger partial charge in [0.1, 0.15) is 24.4 Å². The molecule has 0 amide bonds. The van der Waals surface area contributed by atoms with Gasteiger partial charge in [0.25, 0.3) is 0 Å². The van der Waals surface area contributed by atoms with Gasteiger partial charge in [0.05, 0.1) is 37.1 Å². The van der Waals surface area contributed by atoms with Crippen molar-refractivity contribution in [2.24, 2.45) is 0 Å². The van der Waals surface area contributed by atoms with Crippen molar-refractivity contribution in [1.82, 2.24) is 9.97 Å². The molecule has 180 valence electrons. The average Bonchev–Trinajstić information content (AvgIpc) is 3.37. The second-order valence-electron chi connectivity index (χ2n) is 7.80. The Balaban J connectivity index is 1.47. The van der Waals surface area contributed by atoms with Gasteiger partial charge in [0.2, 0.25) is 0 Å². The fourth-order valence-corrected chi connectivity index (χ4v) is 4.07. The Morgan fingerprint density at radius 2 is 1.85 bits per heavy atom. The summed E-state index contributed by atoms with van der Waals surface area (Å²) >= 11 is 0. The molecule has 2 aromatic carbocycles. The molecule has 12 heteroatoms. The number of anilines is 2. The van der Waals surface area contributed by atoms with Gasteiger partial charge in [-0.1, -0.05) is 6.07 Å². The molecule has 1 aromatic heterocycles. The molecule has 5 rings (SSSR count). The number of benzene rings is 2. The average molecular weight is 483 g/mol. The highest BCUT2D eigenvalue weighted by Gasteiger charge is 2.49. The number of methoxy groups -OCH3 is 1. The number of aromatic nitrogens is 2. The minimum absolute atomic E-state index is 0.0664. The molecule has 34 heavy (non-hydrogen) atoms. The lowest BCUT2D eigenvalue weighted by atomic mass is 10.1. The zero-order valence-corrected chi connectivity index (χ0v) is 17.6. The van der Waals surface area contributed by atoms with Crippen LogP contribution in [0.15, 0.2) is 36.7 Å². The van der Waals surface area contributed by atoms with Crippen LogP contribution in [0.25, 0.3) is 10.9 Å². The van der Waals surface area contributed by atoms with Gasteiger partial charge in [-0.15, -0.1) is 0 Å². The van der Waals surface area contributed by atoms with Crippen LogP contribution in [0, 0.1) is 5.82 Å². The summed E-state index contributed by atoms with van der Waals surface area (Å²) in [5.74, 6) is -0.845. The van der Waals surface area contributed by atoms with Crippen molar-refractivity contribution in [3.63, 3.8) is 0 Å². The first-order chi connectivity index (χ1) is 16.3. The van der Waals surface area contributed by atoms with Crippen molar-refractivity contribution in [3.05, 3.63) is 48.0 Å². The lowest BCUT2D eigenvalue weighted by Gasteiger charge is -2.20. The SMILES string of the molecule is COc1cc2c(Nc3cccc(C(F)(F)F)c3F)ncnc2cc1O[C@@H]1CO[C@@H]2C1OC[C@H]2F. The van der Waals surface area contributed by atoms with E-state index in [9.17, 15) is 22.0 Å². The zero-order valence-electron chi connectivity index (χ0n) is 17.6. The number of alkyl halides is 4. The number of rotatable bonds is 5. The summed E-state index contributed by atoms with van der Waals surface area (Å²) in [6.07, 6.45) is -6.74. The third-order valence-electron chi connectivity index (χ3n) is 5.70. The van der Waals surface area contributed by atoms with E-state index in [4.69, 9.17) is 18.9 Å². The zero-order chi connectivity index (χ0) is 24.0. The van der Waals surface area contributed by atoms with Gasteiger partial charge in [-0.3, -0.25) is 0 Å². The molecule has 7 nitrogen and oxygen atoms in total. The molecule has 0 spiro atoms. The third kappa shape index (κ3) is 3.96. The lowest BCUT2D eigenvalue weighted by molar-refractivity contribution is -0.139. The number of ether oxygens (including phenoxy) is 4.